The molecular formula is C18H27N3O3. The maximum Gasteiger partial charge on any atom is 0.407 e. The molecular weight excluding hydrogens is 306 g/mol. The van der Waals surface area contributed by atoms with Gasteiger partial charge in [0.25, 0.3) is 0 Å². The molecule has 0 fully saturated rings. The normalized spacial score (nSPS) is 11.3. The van der Waals surface area contributed by atoms with Crippen molar-refractivity contribution in [2.24, 2.45) is 0 Å². The van der Waals surface area contributed by atoms with Gasteiger partial charge < -0.3 is 21.1 Å². The van der Waals surface area contributed by atoms with Crippen LogP contribution in [0.25, 0.3) is 0 Å². The van der Waals surface area contributed by atoms with Gasteiger partial charge >= 0.3 is 6.09 Å². The van der Waals surface area contributed by atoms with E-state index in [1.165, 1.54) is 6.08 Å². The second-order valence-corrected chi connectivity index (χ2v) is 6.44. The summed E-state index contributed by atoms with van der Waals surface area (Å²) in [7, 11) is 0. The Morgan fingerprint density at radius 1 is 1.25 bits per heavy atom. The van der Waals surface area contributed by atoms with Crippen LogP contribution in [0.2, 0.25) is 0 Å². The van der Waals surface area contributed by atoms with Gasteiger partial charge in [-0.2, -0.15) is 0 Å². The lowest BCUT2D eigenvalue weighted by Gasteiger charge is -2.19. The maximum atomic E-state index is 11.7. The number of hydrogen-bond acceptors (Lipinski definition) is 4. The number of carbonyl (C=O) groups excluding carboxylic acids is 2. The zero-order valence-corrected chi connectivity index (χ0v) is 14.6. The van der Waals surface area contributed by atoms with Crippen molar-refractivity contribution in [1.29, 1.82) is 0 Å². The lowest BCUT2D eigenvalue weighted by molar-refractivity contribution is -0.111. The summed E-state index contributed by atoms with van der Waals surface area (Å²) >= 11 is 0. The number of hydrogen-bond donors (Lipinski definition) is 3. The summed E-state index contributed by atoms with van der Waals surface area (Å²) < 4.78 is 5.14. The van der Waals surface area contributed by atoms with Crippen molar-refractivity contribution < 1.29 is 14.3 Å². The monoisotopic (exact) mass is 333 g/mol. The van der Waals surface area contributed by atoms with E-state index in [2.05, 4.69) is 10.6 Å². The van der Waals surface area contributed by atoms with Crippen LogP contribution in [-0.2, 0) is 9.53 Å². The number of benzene rings is 1. The van der Waals surface area contributed by atoms with Gasteiger partial charge in [-0.25, -0.2) is 4.79 Å². The number of carbonyl (C=O) groups is 2. The Kier molecular flexibility index (Phi) is 7.82. The number of nitrogens with two attached hydrogens (primary N) is 1. The molecule has 1 aromatic carbocycles. The zero-order chi connectivity index (χ0) is 18.0. The van der Waals surface area contributed by atoms with E-state index in [1.807, 2.05) is 26.8 Å². The third-order valence-corrected chi connectivity index (χ3v) is 2.89. The average molecular weight is 333 g/mol. The first-order valence-electron chi connectivity index (χ1n) is 8.06. The number of nitrogen functional groups attached to an aromatic ring is 1. The van der Waals surface area contributed by atoms with Crippen LogP contribution in [0.5, 0.6) is 0 Å². The van der Waals surface area contributed by atoms with Crippen LogP contribution in [-0.4, -0.2) is 24.1 Å². The largest absolute Gasteiger partial charge is 0.444 e. The minimum absolute atomic E-state index is 0.188. The van der Waals surface area contributed by atoms with E-state index in [9.17, 15) is 9.59 Å². The van der Waals surface area contributed by atoms with Crippen molar-refractivity contribution in [3.05, 3.63) is 36.4 Å². The molecule has 0 saturated heterocycles. The first kappa shape index (κ1) is 19.5. The number of unbranched alkanes of at least 4 members (excludes halogenated alkanes) is 2. The van der Waals surface area contributed by atoms with Crippen LogP contribution in [0.4, 0.5) is 16.2 Å². The third-order valence-electron chi connectivity index (χ3n) is 2.89. The number of amides is 2. The smallest absolute Gasteiger partial charge is 0.407 e. The van der Waals surface area contributed by atoms with Crippen molar-refractivity contribution in [2.45, 2.75) is 45.6 Å². The van der Waals surface area contributed by atoms with Crippen molar-refractivity contribution in [3.8, 4) is 0 Å². The summed E-state index contributed by atoms with van der Waals surface area (Å²) in [5.41, 5.74) is 6.45. The quantitative estimate of drug-likeness (QED) is 0.405. The van der Waals surface area contributed by atoms with Gasteiger partial charge in [0.05, 0.1) is 0 Å². The Bertz CT molecular complexity index is 577. The number of rotatable bonds is 7. The molecule has 0 spiro atoms. The van der Waals surface area contributed by atoms with E-state index in [-0.39, 0.29) is 5.91 Å². The Morgan fingerprint density at radius 2 is 2.00 bits per heavy atom. The predicted molar refractivity (Wildman–Crippen MR) is 96.7 cm³/mol. The molecule has 0 radical (unpaired) electrons. The van der Waals surface area contributed by atoms with Gasteiger partial charge in [0, 0.05) is 17.9 Å². The molecule has 0 saturated carbocycles. The van der Waals surface area contributed by atoms with E-state index in [0.717, 1.165) is 19.3 Å². The molecule has 0 bridgehead atoms. The molecule has 0 aliphatic carbocycles. The summed E-state index contributed by atoms with van der Waals surface area (Å²) in [6, 6.07) is 7.03. The highest BCUT2D eigenvalue weighted by atomic mass is 16.6. The van der Waals surface area contributed by atoms with Crippen LogP contribution in [0.3, 0.4) is 0 Å². The number of alkyl carbamates (subject to hydrolysis) is 1. The highest BCUT2D eigenvalue weighted by Gasteiger charge is 2.15. The highest BCUT2D eigenvalue weighted by Crippen LogP contribution is 2.11. The summed E-state index contributed by atoms with van der Waals surface area (Å²) in [6.45, 7) is 6.03. The zero-order valence-electron chi connectivity index (χ0n) is 14.6. The molecule has 4 N–H and O–H groups in total. The first-order chi connectivity index (χ1) is 11.3. The maximum absolute atomic E-state index is 11.7. The molecule has 6 nitrogen and oxygen atoms in total. The number of allylic oxidation sites excluding steroid dienone is 1. The molecule has 132 valence electrons. The second-order valence-electron chi connectivity index (χ2n) is 6.44. The summed E-state index contributed by atoms with van der Waals surface area (Å²) in [5.74, 6) is -0.188. The third kappa shape index (κ3) is 9.50. The molecule has 0 aliphatic rings. The average Bonchev–Trinajstić information content (AvgIpc) is 2.44. The second kappa shape index (κ2) is 9.60. The Morgan fingerprint density at radius 3 is 2.67 bits per heavy atom. The van der Waals surface area contributed by atoms with Crippen LogP contribution < -0.4 is 16.4 Å². The van der Waals surface area contributed by atoms with Crippen LogP contribution in [0, 0.1) is 0 Å². The topological polar surface area (TPSA) is 93.4 Å². The molecule has 6 heteroatoms. The minimum atomic E-state index is -0.483. The van der Waals surface area contributed by atoms with Crippen molar-refractivity contribution >= 4 is 23.4 Å². The highest BCUT2D eigenvalue weighted by molar-refractivity contribution is 5.99. The van der Waals surface area contributed by atoms with Gasteiger partial charge in [-0.3, -0.25) is 4.79 Å². The molecule has 0 heterocycles. The van der Waals surface area contributed by atoms with Gasteiger partial charge in [-0.1, -0.05) is 12.1 Å². The molecule has 0 atom stereocenters. The Balaban J connectivity index is 2.13. The number of ether oxygens (including phenoxy) is 1. The summed E-state index contributed by atoms with van der Waals surface area (Å²) in [5, 5.41) is 5.44. The van der Waals surface area contributed by atoms with Gasteiger partial charge in [0.2, 0.25) is 5.91 Å². The molecule has 1 aromatic rings. The lowest BCUT2D eigenvalue weighted by atomic mass is 10.2. The molecule has 24 heavy (non-hydrogen) atoms. The van der Waals surface area contributed by atoms with Crippen LogP contribution >= 0.6 is 0 Å². The van der Waals surface area contributed by atoms with Gasteiger partial charge in [0.15, 0.2) is 0 Å². The van der Waals surface area contributed by atoms with Gasteiger partial charge in [-0.15, -0.1) is 0 Å². The van der Waals surface area contributed by atoms with Crippen molar-refractivity contribution in [2.75, 3.05) is 17.6 Å². The summed E-state index contributed by atoms with van der Waals surface area (Å²) in [6.07, 6.45) is 5.37. The molecule has 2 amide bonds. The van der Waals surface area contributed by atoms with E-state index < -0.39 is 11.7 Å². The fourth-order valence-corrected chi connectivity index (χ4v) is 1.88. The van der Waals surface area contributed by atoms with E-state index in [0.29, 0.717) is 17.9 Å². The van der Waals surface area contributed by atoms with E-state index in [4.69, 9.17) is 10.5 Å². The number of anilines is 2. The lowest BCUT2D eigenvalue weighted by Crippen LogP contribution is -2.32. The molecule has 0 aliphatic heterocycles. The SMILES string of the molecule is CC(C)(C)OC(=O)NCCCC/C=C/C(=O)Nc1cccc(N)c1. The standard InChI is InChI=1S/C18H27N3O3/c1-18(2,3)24-17(23)20-12-7-5-4-6-11-16(22)21-15-10-8-9-14(19)13-15/h6,8-11,13H,4-5,7,12,19H2,1-3H3,(H,20,23)(H,21,22)/b11-6+. The number of nitrogens with one attached hydrogen (secondary N) is 2. The van der Waals surface area contributed by atoms with Gasteiger partial charge in [-0.05, 0) is 64.3 Å². The van der Waals surface area contributed by atoms with Crippen LogP contribution in [0.1, 0.15) is 40.0 Å². The summed E-state index contributed by atoms with van der Waals surface area (Å²) in [4.78, 5) is 23.1. The van der Waals surface area contributed by atoms with Crippen molar-refractivity contribution in [1.82, 2.24) is 5.32 Å². The fraction of sp³-hybridized carbons (Fsp3) is 0.444. The molecule has 0 unspecified atom stereocenters. The Labute approximate surface area is 143 Å². The first-order valence-corrected chi connectivity index (χ1v) is 8.06. The molecule has 0 aromatic heterocycles. The van der Waals surface area contributed by atoms with E-state index >= 15 is 0 Å². The van der Waals surface area contributed by atoms with Crippen molar-refractivity contribution in [3.63, 3.8) is 0 Å². The van der Waals surface area contributed by atoms with Crippen LogP contribution in [0.15, 0.2) is 36.4 Å². The van der Waals surface area contributed by atoms with E-state index in [1.54, 1.807) is 24.3 Å². The fourth-order valence-electron chi connectivity index (χ4n) is 1.88. The molecule has 1 rings (SSSR count). The Hall–Kier alpha value is -2.50. The minimum Gasteiger partial charge on any atom is -0.444 e. The predicted octanol–water partition coefficient (Wildman–Crippen LogP) is 3.46. The van der Waals surface area contributed by atoms with Gasteiger partial charge in [0.1, 0.15) is 5.60 Å².